The molecule has 412 valence electrons. The van der Waals surface area contributed by atoms with Crippen LogP contribution in [0.15, 0.2) is 95.8 Å². The molecular formula is C55H61F4N11O6S2. The Balaban J connectivity index is 0.000000131. The number of nitrogen functional groups attached to an aromatic ring is 1. The third-order valence-corrected chi connectivity index (χ3v) is 14.5. The molecule has 12 rings (SSSR count). The molecule has 0 aliphatic heterocycles. The normalized spacial score (nSPS) is 14.8. The molecule has 6 heterocycles. The first-order valence-electron chi connectivity index (χ1n) is 25.6. The van der Waals surface area contributed by atoms with Crippen LogP contribution >= 0.6 is 11.8 Å². The minimum atomic E-state index is -3.52. The lowest BCUT2D eigenvalue weighted by atomic mass is 10.1. The van der Waals surface area contributed by atoms with E-state index in [-0.39, 0.29) is 64.1 Å². The van der Waals surface area contributed by atoms with E-state index in [4.69, 9.17) is 24.7 Å². The second kappa shape index (κ2) is 24.1. The second-order valence-electron chi connectivity index (χ2n) is 19.4. The summed E-state index contributed by atoms with van der Waals surface area (Å²) >= 11 is 1.48. The van der Waals surface area contributed by atoms with Gasteiger partial charge in [0, 0.05) is 46.1 Å². The number of ether oxygens (including phenoxy) is 4. The molecule has 0 amide bonds. The molecule has 4 fully saturated rings. The van der Waals surface area contributed by atoms with Gasteiger partial charge in [0.25, 0.3) is 23.5 Å². The Labute approximate surface area is 453 Å². The number of nitrogens with one attached hydrogen (secondary N) is 1. The van der Waals surface area contributed by atoms with E-state index in [9.17, 15) is 21.6 Å². The quantitative estimate of drug-likeness (QED) is 0.0644. The van der Waals surface area contributed by atoms with Crippen LogP contribution in [-0.2, 0) is 43.4 Å². The van der Waals surface area contributed by atoms with Crippen molar-refractivity contribution in [2.24, 2.45) is 14.1 Å². The number of anilines is 3. The number of nitrogens with two attached hydrogens (primary N) is 1. The monoisotopic (exact) mass is 1110 g/mol. The Morgan fingerprint density at radius 3 is 1.59 bits per heavy atom. The lowest BCUT2D eigenvalue weighted by Gasteiger charge is -2.24. The van der Waals surface area contributed by atoms with Crippen molar-refractivity contribution in [3.05, 3.63) is 125 Å². The molecule has 2 aromatic carbocycles. The first-order valence-corrected chi connectivity index (χ1v) is 28.7. The van der Waals surface area contributed by atoms with Crippen molar-refractivity contribution in [2.45, 2.75) is 113 Å². The van der Waals surface area contributed by atoms with Crippen LogP contribution in [-0.4, -0.2) is 91.4 Å². The molecule has 23 heteroatoms. The van der Waals surface area contributed by atoms with Crippen LogP contribution in [0.25, 0.3) is 22.1 Å². The first-order chi connectivity index (χ1) is 37.5. The zero-order chi connectivity index (χ0) is 55.3. The minimum absolute atomic E-state index is 0.0158. The van der Waals surface area contributed by atoms with Gasteiger partial charge in [-0.2, -0.15) is 13.2 Å². The van der Waals surface area contributed by atoms with Gasteiger partial charge in [-0.05, 0) is 75.2 Å². The Hall–Kier alpha value is -7.40. The number of nitrogens with zero attached hydrogens (tertiary/aromatic N) is 9. The number of hydrogen-bond donors (Lipinski definition) is 2. The lowest BCUT2D eigenvalue weighted by Crippen LogP contribution is -2.20. The predicted molar refractivity (Wildman–Crippen MR) is 291 cm³/mol. The number of benzene rings is 2. The molecule has 0 atom stereocenters. The predicted octanol–water partition coefficient (Wildman–Crippen LogP) is 10.3. The molecule has 4 aliphatic rings. The summed E-state index contributed by atoms with van der Waals surface area (Å²) in [6.45, 7) is 3.04. The molecule has 78 heavy (non-hydrogen) atoms. The molecule has 0 bridgehead atoms. The fourth-order valence-electron chi connectivity index (χ4n) is 8.04. The van der Waals surface area contributed by atoms with Gasteiger partial charge in [0.2, 0.25) is 32.4 Å². The van der Waals surface area contributed by atoms with Crippen molar-refractivity contribution in [1.29, 1.82) is 0 Å². The Kier molecular flexibility index (Phi) is 17.1. The van der Waals surface area contributed by atoms with Crippen molar-refractivity contribution in [1.82, 2.24) is 39.0 Å². The van der Waals surface area contributed by atoms with Gasteiger partial charge < -0.3 is 44.0 Å². The summed E-state index contributed by atoms with van der Waals surface area (Å²) in [4.78, 5) is 26.0. The lowest BCUT2D eigenvalue weighted by molar-refractivity contribution is 0.274. The van der Waals surface area contributed by atoms with Gasteiger partial charge in [0.15, 0.2) is 11.0 Å². The summed E-state index contributed by atoms with van der Waals surface area (Å²) in [5.41, 5.74) is 11.2. The largest absolute Gasteiger partial charge is 0.472 e. The van der Waals surface area contributed by atoms with Gasteiger partial charge in [-0.25, -0.2) is 42.7 Å². The molecule has 4 aliphatic carbocycles. The standard InChI is InChI=1S/C23H24FN3O.C11H12FN3O3S.C11H12FN3OS.C10H13FN2O/c1-27(16-18-10-6-3-7-11-18)22-20(25-14-17-8-4-2-5-9-17)15-26-23(21(22)24)28-19-12-13-19;1-15-9-7(14-11(15)19(2,16)17)5-13-10(8(9)12)18-6-3-4-6;1-15-9-7(14-11(15)17-2)5-13-10(8(9)12)16-6-3-4-6;1-2-7-8(12)5-13-10(9(7)11)14-6-3-4-6/h2-11,15,19,25H,12-14,16H2,1H3;5-6H,3-4H2,1-2H3;5-6H,3-4H2,1-2H3;5-6H,2-4,12H2,1H3. The number of halogens is 4. The number of thioether (sulfide) groups is 1. The zero-order valence-corrected chi connectivity index (χ0v) is 45.7. The molecule has 3 N–H and O–H groups in total. The van der Waals surface area contributed by atoms with Gasteiger partial charge in [-0.15, -0.1) is 0 Å². The number of pyridine rings is 4. The summed E-state index contributed by atoms with van der Waals surface area (Å²) in [6.07, 6.45) is 17.6. The van der Waals surface area contributed by atoms with Gasteiger partial charge >= 0.3 is 0 Å². The van der Waals surface area contributed by atoms with E-state index < -0.39 is 33.1 Å². The van der Waals surface area contributed by atoms with Gasteiger partial charge in [0.1, 0.15) is 52.2 Å². The molecule has 0 radical (unpaired) electrons. The van der Waals surface area contributed by atoms with E-state index in [1.165, 1.54) is 35.8 Å². The third kappa shape index (κ3) is 13.6. The van der Waals surface area contributed by atoms with E-state index in [0.29, 0.717) is 53.2 Å². The number of hydrogen-bond acceptors (Lipinski definition) is 16. The first kappa shape index (κ1) is 55.4. The van der Waals surface area contributed by atoms with E-state index in [1.54, 1.807) is 24.0 Å². The van der Waals surface area contributed by atoms with Crippen LogP contribution < -0.4 is 34.9 Å². The van der Waals surface area contributed by atoms with Crippen molar-refractivity contribution >= 4 is 60.7 Å². The third-order valence-electron chi connectivity index (χ3n) is 12.7. The molecule has 6 aromatic heterocycles. The molecular weight excluding hydrogens is 1050 g/mol. The van der Waals surface area contributed by atoms with Crippen LogP contribution in [0.1, 0.15) is 75.0 Å². The van der Waals surface area contributed by atoms with Gasteiger partial charge in [0.05, 0.1) is 36.2 Å². The van der Waals surface area contributed by atoms with Gasteiger partial charge in [-0.3, -0.25) is 0 Å². The van der Waals surface area contributed by atoms with Crippen LogP contribution in [0, 0.1) is 23.3 Å². The maximum absolute atomic E-state index is 15.3. The summed E-state index contributed by atoms with van der Waals surface area (Å²) < 4.78 is 105. The smallest absolute Gasteiger partial charge is 0.253 e. The van der Waals surface area contributed by atoms with Crippen molar-refractivity contribution in [2.75, 3.05) is 35.5 Å². The maximum atomic E-state index is 15.3. The van der Waals surface area contributed by atoms with Crippen LogP contribution in [0.5, 0.6) is 23.5 Å². The maximum Gasteiger partial charge on any atom is 0.253 e. The molecule has 0 saturated heterocycles. The molecule has 8 aromatic rings. The Morgan fingerprint density at radius 2 is 1.10 bits per heavy atom. The number of aromatic nitrogens is 8. The summed E-state index contributed by atoms with van der Waals surface area (Å²) in [5, 5.41) is 3.91. The molecule has 4 saturated carbocycles. The Bertz CT molecular complexity index is 3510. The number of sulfone groups is 1. The van der Waals surface area contributed by atoms with Crippen LogP contribution in [0.4, 0.5) is 34.6 Å². The number of rotatable bonds is 17. The van der Waals surface area contributed by atoms with Crippen molar-refractivity contribution < 1.29 is 44.9 Å². The number of imidazole rings is 2. The summed E-state index contributed by atoms with van der Waals surface area (Å²) in [6, 6.07) is 20.1. The van der Waals surface area contributed by atoms with Gasteiger partial charge in [-0.1, -0.05) is 79.3 Å². The highest BCUT2D eigenvalue weighted by Crippen LogP contribution is 2.38. The van der Waals surface area contributed by atoms with Crippen LogP contribution in [0.3, 0.4) is 0 Å². The number of fused-ring (bicyclic) bond motifs is 2. The molecule has 0 unspecified atom stereocenters. The fourth-order valence-corrected chi connectivity index (χ4v) is 9.45. The summed E-state index contributed by atoms with van der Waals surface area (Å²) in [5.74, 6) is -1.73. The van der Waals surface area contributed by atoms with Crippen molar-refractivity contribution in [3.63, 3.8) is 0 Å². The molecule has 17 nitrogen and oxygen atoms in total. The topological polar surface area (TPSA) is 200 Å². The highest BCUT2D eigenvalue weighted by molar-refractivity contribution is 7.98. The van der Waals surface area contributed by atoms with E-state index >= 15 is 4.39 Å². The SMILES string of the molecule is CCc1c(N)cnc(OC2CC2)c1F.CN(Cc1ccccc1)c1c(NCc2ccccc2)cnc(OC2CC2)c1F.CSc1nc2cnc(OC3CC3)c(F)c2n1C.Cn1c(S(C)(=O)=O)nc2cnc(OC3CC3)c(F)c21. The van der Waals surface area contributed by atoms with E-state index in [1.807, 2.05) is 85.8 Å². The molecule has 0 spiro atoms. The fraction of sp³-hybridized carbons (Fsp3) is 0.382. The average Bonchev–Trinajstić information content (AvgIpc) is 4.23. The highest BCUT2D eigenvalue weighted by Gasteiger charge is 2.31. The number of aryl methyl sites for hydroxylation is 2. The van der Waals surface area contributed by atoms with E-state index in [2.05, 4.69) is 35.2 Å². The zero-order valence-electron chi connectivity index (χ0n) is 44.1. The van der Waals surface area contributed by atoms with E-state index in [0.717, 1.165) is 73.9 Å². The highest BCUT2D eigenvalue weighted by atomic mass is 32.2. The second-order valence-corrected chi connectivity index (χ2v) is 22.0. The Morgan fingerprint density at radius 1 is 0.654 bits per heavy atom. The minimum Gasteiger partial charge on any atom is -0.472 e. The van der Waals surface area contributed by atoms with Crippen LogP contribution in [0.2, 0.25) is 0 Å². The average molecular weight is 1110 g/mol. The summed E-state index contributed by atoms with van der Waals surface area (Å²) in [7, 11) is 1.62. The van der Waals surface area contributed by atoms with Crippen molar-refractivity contribution in [3.8, 4) is 23.5 Å².